The second kappa shape index (κ2) is 11.8. The number of amides is 2. The van der Waals surface area contributed by atoms with Crippen LogP contribution in [0.5, 0.6) is 5.88 Å². The van der Waals surface area contributed by atoms with E-state index in [-0.39, 0.29) is 47.8 Å². The van der Waals surface area contributed by atoms with E-state index in [9.17, 15) is 19.8 Å². The molecule has 0 spiro atoms. The SMILES string of the molecule is C[C@@H]1CN([C@@H](C)CO)C(=O)c2cc(C#CC3(O)CCCC3)cnc2O[C@@H]1CN(C)C(=O)C1CCCCC1. The second-order valence-corrected chi connectivity index (χ2v) is 11.2. The molecule has 0 saturated heterocycles. The van der Waals surface area contributed by atoms with Gasteiger partial charge in [0, 0.05) is 37.2 Å². The number of rotatable bonds is 5. The van der Waals surface area contributed by atoms with Gasteiger partial charge in [0.15, 0.2) is 0 Å². The van der Waals surface area contributed by atoms with Crippen molar-refractivity contribution in [1.82, 2.24) is 14.8 Å². The number of carbonyl (C=O) groups is 2. The van der Waals surface area contributed by atoms with Crippen molar-refractivity contribution in [2.75, 3.05) is 26.7 Å². The third kappa shape index (κ3) is 6.45. The van der Waals surface area contributed by atoms with Gasteiger partial charge in [0.2, 0.25) is 11.8 Å². The molecule has 0 radical (unpaired) electrons. The molecule has 4 rings (SSSR count). The largest absolute Gasteiger partial charge is 0.472 e. The summed E-state index contributed by atoms with van der Waals surface area (Å²) in [6.45, 7) is 4.42. The van der Waals surface area contributed by atoms with Crippen LogP contribution in [-0.4, -0.2) is 81.3 Å². The van der Waals surface area contributed by atoms with Crippen LogP contribution in [0.15, 0.2) is 12.3 Å². The Morgan fingerprint density at radius 3 is 2.65 bits per heavy atom. The van der Waals surface area contributed by atoms with Gasteiger partial charge in [-0.05, 0) is 51.5 Å². The van der Waals surface area contributed by atoms with Crippen molar-refractivity contribution in [3.8, 4) is 17.7 Å². The number of nitrogens with zero attached hydrogens (tertiary/aromatic N) is 3. The molecule has 37 heavy (non-hydrogen) atoms. The fraction of sp³-hybridized carbons (Fsp3) is 0.690. The van der Waals surface area contributed by atoms with Gasteiger partial charge in [-0.25, -0.2) is 4.98 Å². The number of likely N-dealkylation sites (N-methyl/N-ethyl adjacent to an activating group) is 1. The number of pyridine rings is 1. The zero-order chi connectivity index (χ0) is 26.6. The van der Waals surface area contributed by atoms with E-state index in [2.05, 4.69) is 16.8 Å². The van der Waals surface area contributed by atoms with Gasteiger partial charge in [-0.3, -0.25) is 9.59 Å². The molecule has 0 bridgehead atoms. The molecule has 0 unspecified atom stereocenters. The number of hydrogen-bond acceptors (Lipinski definition) is 6. The van der Waals surface area contributed by atoms with Crippen molar-refractivity contribution in [3.63, 3.8) is 0 Å². The number of aliphatic hydroxyl groups excluding tert-OH is 1. The minimum atomic E-state index is -0.988. The van der Waals surface area contributed by atoms with Gasteiger partial charge >= 0.3 is 0 Å². The second-order valence-electron chi connectivity index (χ2n) is 11.2. The van der Waals surface area contributed by atoms with Crippen molar-refractivity contribution < 1.29 is 24.5 Å². The van der Waals surface area contributed by atoms with Crippen LogP contribution in [0.1, 0.15) is 87.6 Å². The fourth-order valence-corrected chi connectivity index (χ4v) is 5.68. The maximum atomic E-state index is 13.6. The Morgan fingerprint density at radius 2 is 1.97 bits per heavy atom. The van der Waals surface area contributed by atoms with E-state index < -0.39 is 11.6 Å². The Hall–Kier alpha value is -2.63. The quantitative estimate of drug-likeness (QED) is 0.589. The first-order chi connectivity index (χ1) is 17.7. The first-order valence-corrected chi connectivity index (χ1v) is 13.8. The highest BCUT2D eigenvalue weighted by Crippen LogP contribution is 2.30. The molecule has 0 aromatic carbocycles. The number of aromatic nitrogens is 1. The predicted molar refractivity (Wildman–Crippen MR) is 140 cm³/mol. The van der Waals surface area contributed by atoms with Crippen LogP contribution < -0.4 is 4.74 Å². The van der Waals surface area contributed by atoms with Crippen LogP contribution in [0.4, 0.5) is 0 Å². The third-order valence-electron chi connectivity index (χ3n) is 8.18. The Labute approximate surface area is 220 Å². The molecule has 2 fully saturated rings. The number of hydrogen-bond donors (Lipinski definition) is 2. The molecule has 2 aliphatic carbocycles. The van der Waals surface area contributed by atoms with Crippen molar-refractivity contribution in [2.24, 2.45) is 11.8 Å². The van der Waals surface area contributed by atoms with Crippen LogP contribution in [0.25, 0.3) is 0 Å². The monoisotopic (exact) mass is 511 g/mol. The van der Waals surface area contributed by atoms with E-state index in [0.717, 1.165) is 38.5 Å². The molecule has 1 aromatic rings. The van der Waals surface area contributed by atoms with Gasteiger partial charge in [0.25, 0.3) is 5.91 Å². The molecule has 2 N–H and O–H groups in total. The van der Waals surface area contributed by atoms with Crippen LogP contribution in [-0.2, 0) is 4.79 Å². The number of aliphatic hydroxyl groups is 2. The van der Waals surface area contributed by atoms with Gasteiger partial charge in [0.05, 0.1) is 19.2 Å². The topological polar surface area (TPSA) is 103 Å². The van der Waals surface area contributed by atoms with Crippen LogP contribution in [0.3, 0.4) is 0 Å². The molecular weight excluding hydrogens is 470 g/mol. The summed E-state index contributed by atoms with van der Waals surface area (Å²) >= 11 is 0. The van der Waals surface area contributed by atoms with Crippen molar-refractivity contribution in [1.29, 1.82) is 0 Å². The first-order valence-electron chi connectivity index (χ1n) is 13.8. The molecular formula is C29H41N3O5. The molecule has 8 heteroatoms. The minimum absolute atomic E-state index is 0.0660. The Balaban J connectivity index is 1.61. The summed E-state index contributed by atoms with van der Waals surface area (Å²) in [4.78, 5) is 34.6. The molecule has 1 aliphatic heterocycles. The molecule has 3 aliphatic rings. The van der Waals surface area contributed by atoms with E-state index in [1.54, 1.807) is 22.1 Å². The molecule has 2 heterocycles. The molecule has 2 amide bonds. The van der Waals surface area contributed by atoms with E-state index in [0.29, 0.717) is 31.5 Å². The van der Waals surface area contributed by atoms with E-state index in [1.807, 2.05) is 20.9 Å². The Kier molecular flexibility index (Phi) is 8.76. The summed E-state index contributed by atoms with van der Waals surface area (Å²) in [5.41, 5.74) is -0.177. The van der Waals surface area contributed by atoms with Gasteiger partial charge < -0.3 is 24.7 Å². The lowest BCUT2D eigenvalue weighted by Crippen LogP contribution is -2.51. The number of ether oxygens (including phenoxy) is 1. The number of carbonyl (C=O) groups excluding carboxylic acids is 2. The minimum Gasteiger partial charge on any atom is -0.472 e. The van der Waals surface area contributed by atoms with Crippen LogP contribution in [0, 0.1) is 23.7 Å². The van der Waals surface area contributed by atoms with Crippen molar-refractivity contribution in [2.45, 2.75) is 89.4 Å². The molecule has 2 saturated carbocycles. The van der Waals surface area contributed by atoms with Gasteiger partial charge in [-0.1, -0.05) is 38.0 Å². The average Bonchev–Trinajstić information content (AvgIpc) is 3.35. The van der Waals surface area contributed by atoms with Crippen molar-refractivity contribution in [3.05, 3.63) is 23.4 Å². The average molecular weight is 512 g/mol. The zero-order valence-electron chi connectivity index (χ0n) is 22.4. The van der Waals surface area contributed by atoms with Crippen LogP contribution >= 0.6 is 0 Å². The Bertz CT molecular complexity index is 1040. The summed E-state index contributed by atoms with van der Waals surface area (Å²) in [6.07, 6.45) is 9.64. The van der Waals surface area contributed by atoms with E-state index in [4.69, 9.17) is 4.74 Å². The number of fused-ring (bicyclic) bond motifs is 1. The van der Waals surface area contributed by atoms with Crippen molar-refractivity contribution >= 4 is 11.8 Å². The smallest absolute Gasteiger partial charge is 0.259 e. The molecule has 1 aromatic heterocycles. The Morgan fingerprint density at radius 1 is 1.27 bits per heavy atom. The summed E-state index contributed by atoms with van der Waals surface area (Å²) in [6, 6.07) is 1.27. The van der Waals surface area contributed by atoms with E-state index >= 15 is 0 Å². The highest BCUT2D eigenvalue weighted by atomic mass is 16.5. The first kappa shape index (κ1) is 27.4. The maximum absolute atomic E-state index is 13.6. The maximum Gasteiger partial charge on any atom is 0.259 e. The normalized spacial score (nSPS) is 24.7. The van der Waals surface area contributed by atoms with Gasteiger partial charge in [0.1, 0.15) is 17.3 Å². The molecule has 202 valence electrons. The standard InChI is InChI=1S/C29H41N3O5/c1-20-17-32(21(2)19-33)28(35)24-15-22(11-14-29(36)12-7-8-13-29)16-30-26(24)37-25(20)18-31(3)27(34)23-9-5-4-6-10-23/h15-16,20-21,23,25,33,36H,4-10,12-13,17-19H2,1-3H3/t20-,21+,25-/m1/s1. The third-order valence-corrected chi connectivity index (χ3v) is 8.18. The lowest BCUT2D eigenvalue weighted by atomic mass is 9.88. The summed E-state index contributed by atoms with van der Waals surface area (Å²) in [5, 5.41) is 20.5. The van der Waals surface area contributed by atoms with Gasteiger partial charge in [-0.2, -0.15) is 0 Å². The summed E-state index contributed by atoms with van der Waals surface area (Å²) < 4.78 is 6.33. The van der Waals surface area contributed by atoms with Gasteiger partial charge in [-0.15, -0.1) is 0 Å². The lowest BCUT2D eigenvalue weighted by molar-refractivity contribution is -0.136. The van der Waals surface area contributed by atoms with E-state index in [1.165, 1.54) is 6.42 Å². The lowest BCUT2D eigenvalue weighted by Gasteiger charge is -2.38. The highest BCUT2D eigenvalue weighted by Gasteiger charge is 2.36. The molecule has 8 nitrogen and oxygen atoms in total. The fourth-order valence-electron chi connectivity index (χ4n) is 5.68. The predicted octanol–water partition coefficient (Wildman–Crippen LogP) is 3.00. The molecule has 3 atom stereocenters. The van der Waals surface area contributed by atoms with Crippen LogP contribution in [0.2, 0.25) is 0 Å². The highest BCUT2D eigenvalue weighted by molar-refractivity contribution is 5.97. The summed E-state index contributed by atoms with van der Waals surface area (Å²) in [7, 11) is 1.83. The zero-order valence-corrected chi connectivity index (χ0v) is 22.4. The summed E-state index contributed by atoms with van der Waals surface area (Å²) in [5.74, 6) is 6.03.